The Balaban J connectivity index is 1.78. The van der Waals surface area contributed by atoms with Crippen LogP contribution < -0.4 is 4.90 Å². The van der Waals surface area contributed by atoms with Gasteiger partial charge in [-0.15, -0.1) is 0 Å². The molecule has 0 radical (unpaired) electrons. The summed E-state index contributed by atoms with van der Waals surface area (Å²) in [6.07, 6.45) is 0. The second-order valence-electron chi connectivity index (χ2n) is 5.75. The van der Waals surface area contributed by atoms with E-state index in [0.717, 1.165) is 11.3 Å². The van der Waals surface area contributed by atoms with E-state index in [1.807, 2.05) is 25.1 Å². The molecule has 0 saturated carbocycles. The standard InChI is InChI=1S/C17H18Cl2N2O2S/c1-13-6-7-14(18)12-16(13)20-8-10-21(11-9-20)24(22,23)17-5-3-2-4-15(17)19/h2-7,12H,8-11H2,1H3. The van der Waals surface area contributed by atoms with Gasteiger partial charge in [-0.25, -0.2) is 8.42 Å². The highest BCUT2D eigenvalue weighted by Crippen LogP contribution is 2.28. The van der Waals surface area contributed by atoms with Crippen molar-refractivity contribution >= 4 is 38.9 Å². The summed E-state index contributed by atoms with van der Waals surface area (Å²) in [5, 5.41) is 0.937. The maximum absolute atomic E-state index is 12.8. The lowest BCUT2D eigenvalue weighted by Crippen LogP contribution is -2.48. The maximum atomic E-state index is 12.8. The summed E-state index contributed by atoms with van der Waals surface area (Å²) in [4.78, 5) is 2.33. The Hall–Kier alpha value is -1.27. The molecule has 0 spiro atoms. The van der Waals surface area contributed by atoms with E-state index in [1.54, 1.807) is 24.3 Å². The number of nitrogens with zero attached hydrogens (tertiary/aromatic N) is 2. The van der Waals surface area contributed by atoms with Crippen LogP contribution in [0.3, 0.4) is 0 Å². The minimum Gasteiger partial charge on any atom is -0.369 e. The van der Waals surface area contributed by atoms with Crippen molar-refractivity contribution in [3.63, 3.8) is 0 Å². The predicted octanol–water partition coefficient (Wildman–Crippen LogP) is 3.81. The first-order valence-electron chi connectivity index (χ1n) is 7.65. The summed E-state index contributed by atoms with van der Waals surface area (Å²) in [5.74, 6) is 0. The Labute approximate surface area is 152 Å². The van der Waals surface area contributed by atoms with Crippen molar-refractivity contribution < 1.29 is 8.42 Å². The van der Waals surface area contributed by atoms with Crippen molar-refractivity contribution in [3.8, 4) is 0 Å². The molecule has 1 aliphatic rings. The molecule has 1 aliphatic heterocycles. The lowest BCUT2D eigenvalue weighted by molar-refractivity contribution is 0.385. The third-order valence-corrected chi connectivity index (χ3v) is 6.84. The summed E-state index contributed by atoms with van der Waals surface area (Å²) in [7, 11) is -3.57. The molecule has 0 atom stereocenters. The second kappa shape index (κ2) is 6.92. The van der Waals surface area contributed by atoms with Crippen LogP contribution in [0.1, 0.15) is 5.56 Å². The molecule has 1 saturated heterocycles. The third-order valence-electron chi connectivity index (χ3n) is 4.20. The molecule has 3 rings (SSSR count). The predicted molar refractivity (Wildman–Crippen MR) is 98.6 cm³/mol. The highest BCUT2D eigenvalue weighted by atomic mass is 35.5. The van der Waals surface area contributed by atoms with E-state index in [4.69, 9.17) is 23.2 Å². The monoisotopic (exact) mass is 384 g/mol. The lowest BCUT2D eigenvalue weighted by atomic mass is 10.1. The molecule has 4 nitrogen and oxygen atoms in total. The van der Waals surface area contributed by atoms with E-state index >= 15 is 0 Å². The van der Waals surface area contributed by atoms with E-state index in [1.165, 1.54) is 4.31 Å². The molecule has 2 aromatic rings. The number of piperazine rings is 1. The van der Waals surface area contributed by atoms with E-state index in [-0.39, 0.29) is 9.92 Å². The molecule has 1 fully saturated rings. The number of hydrogen-bond acceptors (Lipinski definition) is 3. The van der Waals surface area contributed by atoms with Crippen LogP contribution in [-0.4, -0.2) is 38.9 Å². The molecule has 0 amide bonds. The molecule has 0 bridgehead atoms. The Kier molecular flexibility index (Phi) is 5.06. The first kappa shape index (κ1) is 17.5. The SMILES string of the molecule is Cc1ccc(Cl)cc1N1CCN(S(=O)(=O)c2ccccc2Cl)CC1. The highest BCUT2D eigenvalue weighted by Gasteiger charge is 2.30. The van der Waals surface area contributed by atoms with Crippen LogP contribution in [0.5, 0.6) is 0 Å². The zero-order chi connectivity index (χ0) is 17.3. The average Bonchev–Trinajstić information content (AvgIpc) is 2.57. The van der Waals surface area contributed by atoms with Crippen LogP contribution in [-0.2, 0) is 10.0 Å². The summed E-state index contributed by atoms with van der Waals surface area (Å²) in [6.45, 7) is 4.09. The van der Waals surface area contributed by atoms with Gasteiger partial charge in [-0.2, -0.15) is 4.31 Å². The normalized spacial score (nSPS) is 16.4. The topological polar surface area (TPSA) is 40.6 Å². The van der Waals surface area contributed by atoms with Crippen molar-refractivity contribution in [2.75, 3.05) is 31.1 Å². The zero-order valence-corrected chi connectivity index (χ0v) is 15.6. The molecular formula is C17H18Cl2N2O2S. The van der Waals surface area contributed by atoms with Gasteiger partial charge in [-0.3, -0.25) is 0 Å². The molecule has 2 aromatic carbocycles. The number of anilines is 1. The van der Waals surface area contributed by atoms with Gasteiger partial charge in [-0.1, -0.05) is 41.4 Å². The molecule has 128 valence electrons. The Morgan fingerprint density at radius 2 is 1.62 bits per heavy atom. The van der Waals surface area contributed by atoms with Gasteiger partial charge in [0.15, 0.2) is 0 Å². The van der Waals surface area contributed by atoms with Crippen molar-refractivity contribution in [1.29, 1.82) is 0 Å². The second-order valence-corrected chi connectivity index (χ2v) is 8.50. The van der Waals surface area contributed by atoms with Gasteiger partial charge < -0.3 is 4.90 Å². The van der Waals surface area contributed by atoms with Crippen LogP contribution in [0.15, 0.2) is 47.4 Å². The quantitative estimate of drug-likeness (QED) is 0.807. The Morgan fingerprint density at radius 3 is 2.29 bits per heavy atom. The highest BCUT2D eigenvalue weighted by molar-refractivity contribution is 7.89. The van der Waals surface area contributed by atoms with Crippen LogP contribution >= 0.6 is 23.2 Å². The third kappa shape index (κ3) is 3.40. The number of sulfonamides is 1. The number of benzene rings is 2. The van der Waals surface area contributed by atoms with Crippen molar-refractivity contribution in [2.24, 2.45) is 0 Å². The molecule has 0 aromatic heterocycles. The molecule has 24 heavy (non-hydrogen) atoms. The van der Waals surface area contributed by atoms with Crippen molar-refractivity contribution in [3.05, 3.63) is 58.1 Å². The fourth-order valence-corrected chi connectivity index (χ4v) is 4.97. The fourth-order valence-electron chi connectivity index (χ4n) is 2.89. The van der Waals surface area contributed by atoms with Crippen LogP contribution in [0, 0.1) is 6.92 Å². The van der Waals surface area contributed by atoms with E-state index in [0.29, 0.717) is 31.2 Å². The first-order valence-corrected chi connectivity index (χ1v) is 9.85. The molecule has 7 heteroatoms. The van der Waals surface area contributed by atoms with Crippen molar-refractivity contribution in [2.45, 2.75) is 11.8 Å². The molecule has 0 N–H and O–H groups in total. The number of halogens is 2. The summed E-state index contributed by atoms with van der Waals surface area (Å²) in [6, 6.07) is 12.3. The minimum absolute atomic E-state index is 0.166. The molecular weight excluding hydrogens is 367 g/mol. The van der Waals surface area contributed by atoms with Crippen LogP contribution in [0.25, 0.3) is 0 Å². The minimum atomic E-state index is -3.57. The number of aryl methyl sites for hydroxylation is 1. The Bertz CT molecular complexity index is 847. The summed E-state index contributed by atoms with van der Waals surface area (Å²) >= 11 is 12.1. The lowest BCUT2D eigenvalue weighted by Gasteiger charge is -2.36. The largest absolute Gasteiger partial charge is 0.369 e. The fraction of sp³-hybridized carbons (Fsp3) is 0.294. The average molecular weight is 385 g/mol. The molecule has 0 aliphatic carbocycles. The summed E-state index contributed by atoms with van der Waals surface area (Å²) in [5.41, 5.74) is 2.18. The van der Waals surface area contributed by atoms with E-state index in [9.17, 15) is 8.42 Å². The first-order chi connectivity index (χ1) is 11.4. The summed E-state index contributed by atoms with van der Waals surface area (Å²) < 4.78 is 27.0. The maximum Gasteiger partial charge on any atom is 0.244 e. The number of hydrogen-bond donors (Lipinski definition) is 0. The van der Waals surface area contributed by atoms with E-state index < -0.39 is 10.0 Å². The zero-order valence-electron chi connectivity index (χ0n) is 13.2. The van der Waals surface area contributed by atoms with Crippen LogP contribution in [0.2, 0.25) is 10.0 Å². The van der Waals surface area contributed by atoms with E-state index in [2.05, 4.69) is 4.90 Å². The van der Waals surface area contributed by atoms with Gasteiger partial charge in [0.1, 0.15) is 4.90 Å². The van der Waals surface area contributed by atoms with Gasteiger partial charge in [0, 0.05) is 36.9 Å². The van der Waals surface area contributed by atoms with Gasteiger partial charge >= 0.3 is 0 Å². The van der Waals surface area contributed by atoms with Gasteiger partial charge in [0.05, 0.1) is 5.02 Å². The van der Waals surface area contributed by atoms with Gasteiger partial charge in [-0.05, 0) is 36.8 Å². The smallest absolute Gasteiger partial charge is 0.244 e. The van der Waals surface area contributed by atoms with Gasteiger partial charge in [0.2, 0.25) is 10.0 Å². The Morgan fingerprint density at radius 1 is 0.958 bits per heavy atom. The van der Waals surface area contributed by atoms with Crippen molar-refractivity contribution in [1.82, 2.24) is 4.31 Å². The van der Waals surface area contributed by atoms with Crippen LogP contribution in [0.4, 0.5) is 5.69 Å². The number of rotatable bonds is 3. The molecule has 0 unspecified atom stereocenters. The van der Waals surface area contributed by atoms with Gasteiger partial charge in [0.25, 0.3) is 0 Å². The molecule has 1 heterocycles.